The SMILES string of the molecule is Cc1ccc(CN(Cc2ccco2)C(=O)C2CCN(C(=O)C3CC3)CC2)s1. The number of nitrogens with zero attached hydrogens (tertiary/aromatic N) is 2. The molecule has 6 heteroatoms. The molecular weight excluding hydrogens is 360 g/mol. The van der Waals surface area contributed by atoms with Gasteiger partial charge in [0.15, 0.2) is 0 Å². The number of rotatable bonds is 6. The van der Waals surface area contributed by atoms with E-state index in [-0.39, 0.29) is 17.7 Å². The fraction of sp³-hybridized carbons (Fsp3) is 0.524. The summed E-state index contributed by atoms with van der Waals surface area (Å²) in [7, 11) is 0. The molecule has 0 N–H and O–H groups in total. The van der Waals surface area contributed by atoms with Crippen LogP contribution < -0.4 is 0 Å². The minimum atomic E-state index is -0.00993. The van der Waals surface area contributed by atoms with Gasteiger partial charge in [-0.05, 0) is 56.9 Å². The number of hydrogen-bond donors (Lipinski definition) is 0. The highest BCUT2D eigenvalue weighted by Crippen LogP contribution is 2.33. The van der Waals surface area contributed by atoms with Gasteiger partial charge in [-0.25, -0.2) is 0 Å². The summed E-state index contributed by atoms with van der Waals surface area (Å²) >= 11 is 1.73. The number of aryl methyl sites for hydroxylation is 1. The van der Waals surface area contributed by atoms with E-state index >= 15 is 0 Å². The second kappa shape index (κ2) is 7.89. The van der Waals surface area contributed by atoms with Crippen molar-refractivity contribution in [1.29, 1.82) is 0 Å². The maximum absolute atomic E-state index is 13.2. The Balaban J connectivity index is 1.41. The zero-order valence-electron chi connectivity index (χ0n) is 15.7. The van der Waals surface area contributed by atoms with Crippen LogP contribution in [0.25, 0.3) is 0 Å². The molecule has 1 aliphatic carbocycles. The number of hydrogen-bond acceptors (Lipinski definition) is 4. The summed E-state index contributed by atoms with van der Waals surface area (Å²) < 4.78 is 5.48. The number of thiophene rings is 1. The smallest absolute Gasteiger partial charge is 0.226 e. The van der Waals surface area contributed by atoms with Crippen LogP contribution in [0.1, 0.15) is 41.2 Å². The lowest BCUT2D eigenvalue weighted by molar-refractivity contribution is -0.142. The van der Waals surface area contributed by atoms with Crippen molar-refractivity contribution in [1.82, 2.24) is 9.80 Å². The summed E-state index contributed by atoms with van der Waals surface area (Å²) in [6.45, 7) is 4.60. The summed E-state index contributed by atoms with van der Waals surface area (Å²) in [5, 5.41) is 0. The molecule has 0 unspecified atom stereocenters. The fourth-order valence-corrected chi connectivity index (χ4v) is 4.66. The average molecular weight is 387 g/mol. The molecule has 5 nitrogen and oxygen atoms in total. The summed E-state index contributed by atoms with van der Waals surface area (Å²) in [4.78, 5) is 31.8. The number of amides is 2. The molecule has 2 fully saturated rings. The first-order valence-corrected chi connectivity index (χ1v) is 10.6. The van der Waals surface area contributed by atoms with Crippen LogP contribution in [0.15, 0.2) is 34.9 Å². The normalized spacial score (nSPS) is 17.9. The molecule has 2 aliphatic rings. The third kappa shape index (κ3) is 4.43. The van der Waals surface area contributed by atoms with Gasteiger partial charge >= 0.3 is 0 Å². The van der Waals surface area contributed by atoms with E-state index in [9.17, 15) is 9.59 Å². The lowest BCUT2D eigenvalue weighted by Crippen LogP contribution is -2.44. The van der Waals surface area contributed by atoms with Gasteiger partial charge in [0.05, 0.1) is 19.4 Å². The highest BCUT2D eigenvalue weighted by molar-refractivity contribution is 7.11. The molecular formula is C21H26N2O3S. The van der Waals surface area contributed by atoms with Crippen molar-refractivity contribution in [3.63, 3.8) is 0 Å². The van der Waals surface area contributed by atoms with Crippen molar-refractivity contribution in [2.75, 3.05) is 13.1 Å². The van der Waals surface area contributed by atoms with E-state index in [1.165, 1.54) is 9.75 Å². The van der Waals surface area contributed by atoms with E-state index in [0.717, 1.165) is 31.4 Å². The third-order valence-electron chi connectivity index (χ3n) is 5.46. The summed E-state index contributed by atoms with van der Waals surface area (Å²) in [5.74, 6) is 1.52. The maximum atomic E-state index is 13.2. The van der Waals surface area contributed by atoms with Crippen LogP contribution in [-0.4, -0.2) is 34.7 Å². The average Bonchev–Trinajstić information content (AvgIpc) is 3.26. The first-order valence-electron chi connectivity index (χ1n) is 9.75. The summed E-state index contributed by atoms with van der Waals surface area (Å²) in [6, 6.07) is 7.96. The van der Waals surface area contributed by atoms with Gasteiger partial charge in [0.1, 0.15) is 5.76 Å². The lowest BCUT2D eigenvalue weighted by Gasteiger charge is -2.34. The van der Waals surface area contributed by atoms with E-state index in [4.69, 9.17) is 4.42 Å². The van der Waals surface area contributed by atoms with Gasteiger partial charge in [0.25, 0.3) is 0 Å². The standard InChI is InChI=1S/C21H26N2O3S/c1-15-4-7-19(27-15)14-23(13-18-3-2-12-26-18)21(25)17-8-10-22(11-9-17)20(24)16-5-6-16/h2-4,7,12,16-17H,5-6,8-11,13-14H2,1H3. The quantitative estimate of drug-likeness (QED) is 0.758. The van der Waals surface area contributed by atoms with E-state index < -0.39 is 0 Å². The molecule has 0 aromatic carbocycles. The Kier molecular flexibility index (Phi) is 5.34. The Morgan fingerprint density at radius 1 is 1.11 bits per heavy atom. The molecule has 0 spiro atoms. The second-order valence-corrected chi connectivity index (χ2v) is 9.03. The van der Waals surface area contributed by atoms with Crippen LogP contribution in [0, 0.1) is 18.8 Å². The molecule has 2 aromatic heterocycles. The van der Waals surface area contributed by atoms with E-state index in [2.05, 4.69) is 19.1 Å². The van der Waals surface area contributed by atoms with Crippen molar-refractivity contribution in [2.45, 2.75) is 45.7 Å². The summed E-state index contributed by atoms with van der Waals surface area (Å²) in [5.41, 5.74) is 0. The largest absolute Gasteiger partial charge is 0.467 e. The van der Waals surface area contributed by atoms with Gasteiger partial charge < -0.3 is 14.2 Å². The van der Waals surface area contributed by atoms with Crippen LogP contribution in [0.5, 0.6) is 0 Å². The molecule has 1 saturated heterocycles. The zero-order chi connectivity index (χ0) is 18.8. The molecule has 2 aromatic rings. The van der Waals surface area contributed by atoms with Gasteiger partial charge in [-0.3, -0.25) is 9.59 Å². The molecule has 2 amide bonds. The Labute approximate surface area is 163 Å². The molecule has 1 aliphatic heterocycles. The van der Waals surface area contributed by atoms with Crippen LogP contribution in [0.4, 0.5) is 0 Å². The molecule has 144 valence electrons. The van der Waals surface area contributed by atoms with Gasteiger partial charge in [-0.1, -0.05) is 0 Å². The molecule has 0 atom stereocenters. The first-order chi connectivity index (χ1) is 13.1. The van der Waals surface area contributed by atoms with Gasteiger partial charge in [0.2, 0.25) is 11.8 Å². The Bertz CT molecular complexity index is 786. The van der Waals surface area contributed by atoms with Crippen LogP contribution in [0.3, 0.4) is 0 Å². The first kappa shape index (κ1) is 18.3. The second-order valence-electron chi connectivity index (χ2n) is 7.66. The number of likely N-dealkylation sites (tertiary alicyclic amines) is 1. The van der Waals surface area contributed by atoms with Crippen molar-refractivity contribution in [2.24, 2.45) is 11.8 Å². The van der Waals surface area contributed by atoms with E-state index in [0.29, 0.717) is 32.1 Å². The van der Waals surface area contributed by atoms with E-state index in [1.54, 1.807) is 17.6 Å². The van der Waals surface area contributed by atoms with Crippen LogP contribution in [0.2, 0.25) is 0 Å². The maximum Gasteiger partial charge on any atom is 0.226 e. The predicted octanol–water partition coefficient (Wildman–Crippen LogP) is 3.83. The van der Waals surface area contributed by atoms with Crippen molar-refractivity contribution in [3.05, 3.63) is 46.0 Å². The highest BCUT2D eigenvalue weighted by Gasteiger charge is 2.36. The third-order valence-corrected chi connectivity index (χ3v) is 6.45. The minimum Gasteiger partial charge on any atom is -0.467 e. The van der Waals surface area contributed by atoms with Crippen molar-refractivity contribution in [3.8, 4) is 0 Å². The molecule has 3 heterocycles. The van der Waals surface area contributed by atoms with Crippen LogP contribution in [-0.2, 0) is 22.7 Å². The number of piperidine rings is 1. The molecule has 0 radical (unpaired) electrons. The lowest BCUT2D eigenvalue weighted by atomic mass is 9.94. The Morgan fingerprint density at radius 2 is 1.89 bits per heavy atom. The number of carbonyl (C=O) groups is 2. The van der Waals surface area contributed by atoms with Crippen LogP contribution >= 0.6 is 11.3 Å². The van der Waals surface area contributed by atoms with Gasteiger partial charge in [-0.15, -0.1) is 11.3 Å². The monoisotopic (exact) mass is 386 g/mol. The molecule has 0 bridgehead atoms. The fourth-order valence-electron chi connectivity index (χ4n) is 3.75. The minimum absolute atomic E-state index is 0.00993. The zero-order valence-corrected chi connectivity index (χ0v) is 16.5. The summed E-state index contributed by atoms with van der Waals surface area (Å²) in [6.07, 6.45) is 5.24. The van der Waals surface area contributed by atoms with Crippen molar-refractivity contribution < 1.29 is 14.0 Å². The predicted molar refractivity (Wildman–Crippen MR) is 104 cm³/mol. The molecule has 27 heavy (non-hydrogen) atoms. The van der Waals surface area contributed by atoms with Crippen molar-refractivity contribution >= 4 is 23.2 Å². The Morgan fingerprint density at radius 3 is 2.48 bits per heavy atom. The van der Waals surface area contributed by atoms with E-state index in [1.807, 2.05) is 21.9 Å². The van der Waals surface area contributed by atoms with Gasteiger partial charge in [0, 0.05) is 34.7 Å². The highest BCUT2D eigenvalue weighted by atomic mass is 32.1. The number of carbonyl (C=O) groups excluding carboxylic acids is 2. The Hall–Kier alpha value is -2.08. The molecule has 4 rings (SSSR count). The topological polar surface area (TPSA) is 53.8 Å². The molecule has 1 saturated carbocycles. The van der Waals surface area contributed by atoms with Gasteiger partial charge in [-0.2, -0.15) is 0 Å². The number of furan rings is 1.